The highest BCUT2D eigenvalue weighted by atomic mass is 35.5. The predicted octanol–water partition coefficient (Wildman–Crippen LogP) is 4.25. The lowest BCUT2D eigenvalue weighted by atomic mass is 10.1. The van der Waals surface area contributed by atoms with Crippen molar-refractivity contribution in [3.8, 4) is 0 Å². The number of carbonyl (C=O) groups is 3. The lowest BCUT2D eigenvalue weighted by molar-refractivity contribution is -0.141. The van der Waals surface area contributed by atoms with Crippen molar-refractivity contribution in [2.24, 2.45) is 0 Å². The van der Waals surface area contributed by atoms with Crippen molar-refractivity contribution in [3.63, 3.8) is 0 Å². The van der Waals surface area contributed by atoms with Gasteiger partial charge in [0.05, 0.1) is 5.56 Å². The largest absolute Gasteiger partial charge is 0.352 e. The van der Waals surface area contributed by atoms with Crippen molar-refractivity contribution in [1.82, 2.24) is 14.5 Å². The minimum atomic E-state index is -3.96. The fourth-order valence-electron chi connectivity index (χ4n) is 3.87. The summed E-state index contributed by atoms with van der Waals surface area (Å²) in [6, 6.07) is 10.1. The SMILES string of the molecule is CCC(C)NC(=O)C(C)N(Cc1c(Cl)cccc1Cl)C(=O)CCCN1C(=O)c2ccccc2S1(=O)=O. The molecule has 0 aliphatic carbocycles. The Bertz CT molecular complexity index is 1250. The zero-order valence-electron chi connectivity index (χ0n) is 20.3. The van der Waals surface area contributed by atoms with Crippen LogP contribution in [-0.4, -0.2) is 54.0 Å². The average Bonchev–Trinajstić information content (AvgIpc) is 3.03. The summed E-state index contributed by atoms with van der Waals surface area (Å²) in [5.41, 5.74) is 0.624. The number of benzene rings is 2. The van der Waals surface area contributed by atoms with Crippen LogP contribution in [0.2, 0.25) is 10.0 Å². The lowest BCUT2D eigenvalue weighted by Crippen LogP contribution is -2.49. The maximum atomic E-state index is 13.3. The molecule has 2 aromatic rings. The highest BCUT2D eigenvalue weighted by Gasteiger charge is 2.40. The zero-order valence-corrected chi connectivity index (χ0v) is 22.7. The van der Waals surface area contributed by atoms with Crippen LogP contribution in [0, 0.1) is 0 Å². The lowest BCUT2D eigenvalue weighted by Gasteiger charge is -2.30. The normalized spacial score (nSPS) is 15.8. The van der Waals surface area contributed by atoms with Crippen LogP contribution < -0.4 is 5.32 Å². The maximum Gasteiger partial charge on any atom is 0.269 e. The number of hydrogen-bond donors (Lipinski definition) is 1. The minimum absolute atomic E-state index is 0.00117. The number of halogens is 2. The summed E-state index contributed by atoms with van der Waals surface area (Å²) in [7, 11) is -3.96. The van der Waals surface area contributed by atoms with E-state index in [0.29, 0.717) is 15.6 Å². The van der Waals surface area contributed by atoms with Crippen LogP contribution in [-0.2, 0) is 26.2 Å². The Hall–Kier alpha value is -2.62. The number of rotatable bonds is 10. The van der Waals surface area contributed by atoms with Gasteiger partial charge in [-0.05, 0) is 51.0 Å². The summed E-state index contributed by atoms with van der Waals surface area (Å²) < 4.78 is 26.3. The first-order valence-corrected chi connectivity index (χ1v) is 13.9. The van der Waals surface area contributed by atoms with E-state index in [2.05, 4.69) is 5.32 Å². The van der Waals surface area contributed by atoms with Crippen molar-refractivity contribution in [1.29, 1.82) is 0 Å². The fourth-order valence-corrected chi connectivity index (χ4v) is 6.00. The van der Waals surface area contributed by atoms with Crippen molar-refractivity contribution >= 4 is 50.9 Å². The van der Waals surface area contributed by atoms with Gasteiger partial charge in [0.1, 0.15) is 10.9 Å². The van der Waals surface area contributed by atoms with Crippen LogP contribution in [0.4, 0.5) is 0 Å². The van der Waals surface area contributed by atoms with Gasteiger partial charge in [0.2, 0.25) is 11.8 Å². The highest BCUT2D eigenvalue weighted by molar-refractivity contribution is 7.90. The minimum Gasteiger partial charge on any atom is -0.352 e. The predicted molar refractivity (Wildman–Crippen MR) is 138 cm³/mol. The third-order valence-electron chi connectivity index (χ3n) is 6.22. The molecule has 3 amide bonds. The van der Waals surface area contributed by atoms with E-state index < -0.39 is 22.0 Å². The fraction of sp³-hybridized carbons (Fsp3) is 0.400. The quantitative estimate of drug-likeness (QED) is 0.473. The van der Waals surface area contributed by atoms with E-state index in [1.54, 1.807) is 37.3 Å². The Balaban J connectivity index is 1.76. The van der Waals surface area contributed by atoms with E-state index >= 15 is 0 Å². The summed E-state index contributed by atoms with van der Waals surface area (Å²) >= 11 is 12.6. The Kier molecular flexibility index (Phi) is 9.03. The van der Waals surface area contributed by atoms with Gasteiger partial charge >= 0.3 is 0 Å². The smallest absolute Gasteiger partial charge is 0.269 e. The molecule has 194 valence electrons. The number of amides is 3. The third kappa shape index (κ3) is 5.85. The second-order valence-corrected chi connectivity index (χ2v) is 11.3. The van der Waals surface area contributed by atoms with E-state index in [-0.39, 0.29) is 54.2 Å². The third-order valence-corrected chi connectivity index (χ3v) is 8.77. The molecule has 1 aliphatic rings. The molecule has 0 fully saturated rings. The molecule has 0 radical (unpaired) electrons. The molecular formula is C25H29Cl2N3O5S. The van der Waals surface area contributed by atoms with E-state index in [4.69, 9.17) is 23.2 Å². The average molecular weight is 554 g/mol. The van der Waals surface area contributed by atoms with Crippen molar-refractivity contribution < 1.29 is 22.8 Å². The van der Waals surface area contributed by atoms with Crippen LogP contribution in [0.1, 0.15) is 56.0 Å². The van der Waals surface area contributed by atoms with Gasteiger partial charge in [0, 0.05) is 41.2 Å². The molecule has 0 saturated carbocycles. The van der Waals surface area contributed by atoms with E-state index in [1.807, 2.05) is 13.8 Å². The number of nitrogens with zero attached hydrogens (tertiary/aromatic N) is 2. The summed E-state index contributed by atoms with van der Waals surface area (Å²) in [4.78, 5) is 40.1. The van der Waals surface area contributed by atoms with Gasteiger partial charge in [0.15, 0.2) is 0 Å². The molecule has 2 aromatic carbocycles. The molecule has 1 heterocycles. The Morgan fingerprint density at radius 3 is 2.31 bits per heavy atom. The molecule has 0 bridgehead atoms. The number of sulfonamides is 1. The van der Waals surface area contributed by atoms with Gasteiger partial charge in [0.25, 0.3) is 15.9 Å². The maximum absolute atomic E-state index is 13.3. The molecule has 36 heavy (non-hydrogen) atoms. The topological polar surface area (TPSA) is 104 Å². The molecule has 3 rings (SSSR count). The molecule has 2 unspecified atom stereocenters. The molecule has 0 saturated heterocycles. The Morgan fingerprint density at radius 1 is 1.06 bits per heavy atom. The molecule has 0 aromatic heterocycles. The van der Waals surface area contributed by atoms with Crippen molar-refractivity contribution in [2.75, 3.05) is 6.54 Å². The molecule has 1 N–H and O–H groups in total. The highest BCUT2D eigenvalue weighted by Crippen LogP contribution is 2.30. The number of hydrogen-bond acceptors (Lipinski definition) is 5. The van der Waals surface area contributed by atoms with Gasteiger partial charge in [-0.3, -0.25) is 14.4 Å². The van der Waals surface area contributed by atoms with Crippen LogP contribution in [0.15, 0.2) is 47.4 Å². The first-order chi connectivity index (χ1) is 17.0. The molecular weight excluding hydrogens is 525 g/mol. The second-order valence-electron chi connectivity index (χ2n) is 8.70. The van der Waals surface area contributed by atoms with E-state index in [0.717, 1.165) is 10.7 Å². The standard InChI is InChI=1S/C25H29Cl2N3O5S/c1-4-16(2)28-24(32)17(3)29(15-19-20(26)10-7-11-21(19)27)23(31)13-8-14-30-25(33)18-9-5-6-12-22(18)36(30,34)35/h5-7,9-12,16-17H,4,8,13-15H2,1-3H3,(H,28,32). The molecule has 0 spiro atoms. The van der Waals surface area contributed by atoms with Crippen molar-refractivity contribution in [2.45, 2.75) is 63.6 Å². The van der Waals surface area contributed by atoms with Gasteiger partial charge in [-0.15, -0.1) is 0 Å². The van der Waals surface area contributed by atoms with E-state index in [9.17, 15) is 22.8 Å². The number of nitrogens with one attached hydrogen (secondary N) is 1. The zero-order chi connectivity index (χ0) is 26.6. The first-order valence-electron chi connectivity index (χ1n) is 11.7. The summed E-state index contributed by atoms with van der Waals surface area (Å²) in [6.45, 7) is 5.27. The number of carbonyl (C=O) groups excluding carboxylic acids is 3. The summed E-state index contributed by atoms with van der Waals surface area (Å²) in [5, 5.41) is 3.60. The first kappa shape index (κ1) is 28.0. The van der Waals surface area contributed by atoms with Gasteiger partial charge < -0.3 is 10.2 Å². The van der Waals surface area contributed by atoms with Crippen LogP contribution in [0.5, 0.6) is 0 Å². The monoisotopic (exact) mass is 553 g/mol. The van der Waals surface area contributed by atoms with Crippen molar-refractivity contribution in [3.05, 3.63) is 63.6 Å². The van der Waals surface area contributed by atoms with Gasteiger partial charge in [-0.1, -0.05) is 48.3 Å². The van der Waals surface area contributed by atoms with E-state index in [1.165, 1.54) is 17.0 Å². The summed E-state index contributed by atoms with van der Waals surface area (Å²) in [5.74, 6) is -1.33. The summed E-state index contributed by atoms with van der Waals surface area (Å²) in [6.07, 6.45) is 0.729. The van der Waals surface area contributed by atoms with Crippen LogP contribution in [0.25, 0.3) is 0 Å². The molecule has 8 nitrogen and oxygen atoms in total. The Morgan fingerprint density at radius 2 is 1.69 bits per heavy atom. The Labute approximate surface area is 221 Å². The molecule has 2 atom stereocenters. The number of fused-ring (bicyclic) bond motifs is 1. The van der Waals surface area contributed by atoms with Gasteiger partial charge in [-0.25, -0.2) is 12.7 Å². The van der Waals surface area contributed by atoms with Gasteiger partial charge in [-0.2, -0.15) is 0 Å². The van der Waals surface area contributed by atoms with Crippen LogP contribution >= 0.6 is 23.2 Å². The van der Waals surface area contributed by atoms with Crippen LogP contribution in [0.3, 0.4) is 0 Å². The molecule has 1 aliphatic heterocycles. The second kappa shape index (κ2) is 11.6. The molecule has 11 heteroatoms.